The molecule has 0 aromatic rings. The Balaban J connectivity index is 0.00000361. The maximum absolute atomic E-state index is 12.0. The van der Waals surface area contributed by atoms with Crippen LogP contribution in [-0.4, -0.2) is 43.8 Å². The Bertz CT molecular complexity index is 412. The summed E-state index contributed by atoms with van der Waals surface area (Å²) in [6.45, 7) is 4.30. The zero-order chi connectivity index (χ0) is 14.9. The van der Waals surface area contributed by atoms with Gasteiger partial charge < -0.3 is 5.73 Å². The average Bonchev–Trinajstić information content (AvgIpc) is 2.19. The molecule has 1 aliphatic heterocycles. The molecule has 0 saturated carbocycles. The van der Waals surface area contributed by atoms with Crippen LogP contribution in [0.15, 0.2) is 0 Å². The zero-order valence-corrected chi connectivity index (χ0v) is 13.2. The van der Waals surface area contributed by atoms with Crippen molar-refractivity contribution in [1.29, 1.82) is 0 Å². The van der Waals surface area contributed by atoms with Crippen molar-refractivity contribution < 1.29 is 21.6 Å². The highest BCUT2D eigenvalue weighted by Crippen LogP contribution is 2.30. The maximum atomic E-state index is 12.0. The molecule has 1 unspecified atom stereocenters. The van der Waals surface area contributed by atoms with Gasteiger partial charge in [-0.2, -0.15) is 13.2 Å². The van der Waals surface area contributed by atoms with E-state index in [0.29, 0.717) is 13.0 Å². The van der Waals surface area contributed by atoms with Gasteiger partial charge in [-0.1, -0.05) is 13.8 Å². The molecule has 1 heterocycles. The fraction of sp³-hybridized carbons (Fsp3) is 1.00. The van der Waals surface area contributed by atoms with E-state index in [9.17, 15) is 21.6 Å². The van der Waals surface area contributed by atoms with Crippen LogP contribution < -0.4 is 5.73 Å². The number of nitrogens with two attached hydrogens (primary N) is 1. The summed E-state index contributed by atoms with van der Waals surface area (Å²) in [4.78, 5) is 0. The van der Waals surface area contributed by atoms with E-state index in [1.165, 1.54) is 4.31 Å². The number of rotatable bonds is 4. The summed E-state index contributed by atoms with van der Waals surface area (Å²) in [5.74, 6) is -0.460. The first-order chi connectivity index (χ1) is 8.44. The monoisotopic (exact) mass is 338 g/mol. The average molecular weight is 339 g/mol. The predicted octanol–water partition coefficient (Wildman–Crippen LogP) is 2.14. The number of alkyl halides is 3. The quantitative estimate of drug-likeness (QED) is 0.854. The normalized spacial score (nSPS) is 24.2. The van der Waals surface area contributed by atoms with Gasteiger partial charge in [0.25, 0.3) is 0 Å². The van der Waals surface area contributed by atoms with Gasteiger partial charge in [-0.3, -0.25) is 0 Å². The van der Waals surface area contributed by atoms with Crippen LogP contribution >= 0.6 is 12.4 Å². The van der Waals surface area contributed by atoms with Crippen molar-refractivity contribution in [3.63, 3.8) is 0 Å². The largest absolute Gasteiger partial charge is 0.389 e. The fourth-order valence-corrected chi connectivity index (χ4v) is 3.83. The summed E-state index contributed by atoms with van der Waals surface area (Å²) < 4.78 is 61.3. The summed E-state index contributed by atoms with van der Waals surface area (Å²) in [5.41, 5.74) is 5.55. The Hall–Kier alpha value is -0.0500. The second kappa shape index (κ2) is 6.81. The van der Waals surface area contributed by atoms with E-state index in [4.69, 9.17) is 5.73 Å². The van der Waals surface area contributed by atoms with Crippen molar-refractivity contribution in [2.45, 2.75) is 45.3 Å². The maximum Gasteiger partial charge on any atom is 0.389 e. The number of hydrogen-bond donors (Lipinski definition) is 1. The molecule has 9 heteroatoms. The smallest absolute Gasteiger partial charge is 0.327 e. The number of hydrogen-bond acceptors (Lipinski definition) is 3. The van der Waals surface area contributed by atoms with Crippen molar-refractivity contribution in [2.24, 2.45) is 11.1 Å². The van der Waals surface area contributed by atoms with Gasteiger partial charge in [-0.25, -0.2) is 12.7 Å². The van der Waals surface area contributed by atoms with Crippen LogP contribution in [-0.2, 0) is 10.0 Å². The highest BCUT2D eigenvalue weighted by molar-refractivity contribution is 7.89. The lowest BCUT2D eigenvalue weighted by molar-refractivity contribution is -0.134. The Kier molecular flexibility index (Phi) is 6.79. The molecular formula is C11H22ClF3N2O2S. The van der Waals surface area contributed by atoms with E-state index >= 15 is 0 Å². The first kappa shape index (κ1) is 19.9. The molecule has 0 spiro atoms. The van der Waals surface area contributed by atoms with Gasteiger partial charge in [0.15, 0.2) is 0 Å². The minimum atomic E-state index is -4.31. The number of nitrogens with zero attached hydrogens (tertiary/aromatic N) is 1. The molecule has 0 aliphatic carbocycles. The molecule has 4 nitrogen and oxygen atoms in total. The molecular weight excluding hydrogens is 317 g/mol. The number of piperidine rings is 1. The first-order valence-corrected chi connectivity index (χ1v) is 7.85. The molecule has 20 heavy (non-hydrogen) atoms. The van der Waals surface area contributed by atoms with Crippen molar-refractivity contribution in [2.75, 3.05) is 18.8 Å². The Morgan fingerprint density at radius 2 is 1.90 bits per heavy atom. The van der Waals surface area contributed by atoms with Gasteiger partial charge in [-0.15, -0.1) is 12.4 Å². The minimum Gasteiger partial charge on any atom is -0.327 e. The molecule has 1 aliphatic rings. The lowest BCUT2D eigenvalue weighted by atomic mass is 9.81. The second-order valence-corrected chi connectivity index (χ2v) is 7.84. The molecule has 0 aromatic carbocycles. The minimum absolute atomic E-state index is 0. The van der Waals surface area contributed by atoms with Gasteiger partial charge in [0.1, 0.15) is 0 Å². The SMILES string of the molecule is CC1(C)CN(S(=O)(=O)CCCC(F)(F)F)CCC1N.Cl. The van der Waals surface area contributed by atoms with Gasteiger partial charge >= 0.3 is 6.18 Å². The fourth-order valence-electron chi connectivity index (χ4n) is 2.15. The third-order valence-corrected chi connectivity index (χ3v) is 5.44. The molecule has 0 aromatic heterocycles. The van der Waals surface area contributed by atoms with E-state index < -0.39 is 34.8 Å². The van der Waals surface area contributed by atoms with Crippen LogP contribution in [0.25, 0.3) is 0 Å². The topological polar surface area (TPSA) is 63.4 Å². The third kappa shape index (κ3) is 5.75. The van der Waals surface area contributed by atoms with Crippen molar-refractivity contribution in [1.82, 2.24) is 4.31 Å². The van der Waals surface area contributed by atoms with Gasteiger partial charge in [0, 0.05) is 25.6 Å². The lowest BCUT2D eigenvalue weighted by Crippen LogP contribution is -2.54. The molecule has 0 amide bonds. The van der Waals surface area contributed by atoms with E-state index in [0.717, 1.165) is 0 Å². The summed E-state index contributed by atoms with van der Waals surface area (Å²) in [7, 11) is -3.62. The van der Waals surface area contributed by atoms with Crippen LogP contribution in [0.3, 0.4) is 0 Å². The summed E-state index contributed by atoms with van der Waals surface area (Å²) in [6, 6.07) is -0.0888. The standard InChI is InChI=1S/C11H21F3N2O2S.ClH/c1-10(2)8-16(6-4-9(10)15)19(17,18)7-3-5-11(12,13)14;/h9H,3-8,15H2,1-2H3;1H. The zero-order valence-electron chi connectivity index (χ0n) is 11.6. The molecule has 1 saturated heterocycles. The van der Waals surface area contributed by atoms with E-state index in [2.05, 4.69) is 0 Å². The second-order valence-electron chi connectivity index (χ2n) is 5.75. The van der Waals surface area contributed by atoms with E-state index in [-0.39, 0.29) is 30.4 Å². The Morgan fingerprint density at radius 1 is 1.35 bits per heavy atom. The summed E-state index contributed by atoms with van der Waals surface area (Å²) in [5, 5.41) is 0. The molecule has 2 N–H and O–H groups in total. The van der Waals surface area contributed by atoms with Gasteiger partial charge in [0.05, 0.1) is 5.75 Å². The number of sulfonamides is 1. The van der Waals surface area contributed by atoms with E-state index in [1.54, 1.807) is 0 Å². The number of halogens is 4. The molecule has 0 bridgehead atoms. The van der Waals surface area contributed by atoms with Gasteiger partial charge in [0.2, 0.25) is 10.0 Å². The van der Waals surface area contributed by atoms with Crippen LogP contribution in [0.5, 0.6) is 0 Å². The Labute approximate surface area is 124 Å². The van der Waals surface area contributed by atoms with Crippen molar-refractivity contribution in [3.8, 4) is 0 Å². The van der Waals surface area contributed by atoms with Crippen molar-refractivity contribution in [3.05, 3.63) is 0 Å². The lowest BCUT2D eigenvalue weighted by Gasteiger charge is -2.41. The van der Waals surface area contributed by atoms with E-state index in [1.807, 2.05) is 13.8 Å². The van der Waals surface area contributed by atoms with Crippen LogP contribution in [0.1, 0.15) is 33.1 Å². The van der Waals surface area contributed by atoms with Gasteiger partial charge in [-0.05, 0) is 18.3 Å². The van der Waals surface area contributed by atoms with Crippen LogP contribution in [0.2, 0.25) is 0 Å². The molecule has 122 valence electrons. The molecule has 1 atom stereocenters. The third-order valence-electron chi connectivity index (χ3n) is 3.53. The molecule has 1 rings (SSSR count). The first-order valence-electron chi connectivity index (χ1n) is 6.24. The molecule has 1 fully saturated rings. The highest BCUT2D eigenvalue weighted by Gasteiger charge is 2.38. The predicted molar refractivity (Wildman–Crippen MR) is 74.3 cm³/mol. The van der Waals surface area contributed by atoms with Crippen LogP contribution in [0, 0.1) is 5.41 Å². The molecule has 0 radical (unpaired) electrons. The Morgan fingerprint density at radius 3 is 2.35 bits per heavy atom. The highest BCUT2D eigenvalue weighted by atomic mass is 35.5. The summed E-state index contributed by atoms with van der Waals surface area (Å²) in [6.07, 6.45) is -5.23. The van der Waals surface area contributed by atoms with Crippen LogP contribution in [0.4, 0.5) is 13.2 Å². The van der Waals surface area contributed by atoms with Crippen molar-refractivity contribution >= 4 is 22.4 Å². The summed E-state index contributed by atoms with van der Waals surface area (Å²) >= 11 is 0.